The van der Waals surface area contributed by atoms with Gasteiger partial charge in [0.2, 0.25) is 5.91 Å². The first-order valence-corrected chi connectivity index (χ1v) is 15.2. The molecule has 2 aromatic heterocycles. The van der Waals surface area contributed by atoms with E-state index in [-0.39, 0.29) is 24.4 Å². The normalized spacial score (nSPS) is 16.4. The molecule has 5 rings (SSSR count). The molecule has 2 aliphatic heterocycles. The minimum absolute atomic E-state index is 0.158. The molecule has 1 aromatic carbocycles. The van der Waals surface area contributed by atoms with Crippen LogP contribution in [0.3, 0.4) is 0 Å². The number of pyridine rings is 1. The molecule has 0 spiro atoms. The maximum absolute atomic E-state index is 12.9. The van der Waals surface area contributed by atoms with Crippen molar-refractivity contribution in [2.45, 2.75) is 71.2 Å². The average molecular weight is 591 g/mol. The molecule has 230 valence electrons. The lowest BCUT2D eigenvalue weighted by Gasteiger charge is -2.32. The number of hydrogen-bond acceptors (Lipinski definition) is 9. The SMILES string of the molecule is CCCC(=O)N1CCC(Nc2cc(C(=O)NC[C@H](O)CN3CCc4c(ccc(OCc5cnco5)c4C)C3)ccn2)CC1. The van der Waals surface area contributed by atoms with E-state index in [2.05, 4.69) is 38.5 Å². The van der Waals surface area contributed by atoms with E-state index in [4.69, 9.17) is 9.15 Å². The fourth-order valence-corrected chi connectivity index (χ4v) is 5.83. The second-order valence-electron chi connectivity index (χ2n) is 11.4. The number of hydrogen-bond donors (Lipinski definition) is 3. The third kappa shape index (κ3) is 8.11. The van der Waals surface area contributed by atoms with Gasteiger partial charge in [-0.2, -0.15) is 0 Å². The average Bonchev–Trinajstić information content (AvgIpc) is 3.54. The Hall–Kier alpha value is -3.96. The number of carbonyl (C=O) groups is 2. The summed E-state index contributed by atoms with van der Waals surface area (Å²) in [5.41, 5.74) is 4.13. The zero-order valence-electron chi connectivity index (χ0n) is 25.1. The van der Waals surface area contributed by atoms with Crippen LogP contribution < -0.4 is 15.4 Å². The highest BCUT2D eigenvalue weighted by molar-refractivity contribution is 5.94. The quantitative estimate of drug-likeness (QED) is 0.291. The molecule has 3 N–H and O–H groups in total. The fraction of sp³-hybridized carbons (Fsp3) is 0.500. The predicted octanol–water partition coefficient (Wildman–Crippen LogP) is 3.31. The van der Waals surface area contributed by atoms with E-state index in [1.54, 1.807) is 24.5 Å². The van der Waals surface area contributed by atoms with Crippen LogP contribution in [0.4, 0.5) is 5.82 Å². The van der Waals surface area contributed by atoms with E-state index in [1.807, 2.05) is 17.9 Å². The highest BCUT2D eigenvalue weighted by Crippen LogP contribution is 2.30. The third-order valence-electron chi connectivity index (χ3n) is 8.22. The van der Waals surface area contributed by atoms with E-state index in [1.165, 1.54) is 17.5 Å². The minimum Gasteiger partial charge on any atom is -0.485 e. The zero-order valence-corrected chi connectivity index (χ0v) is 25.1. The molecule has 11 heteroatoms. The van der Waals surface area contributed by atoms with E-state index in [0.717, 1.165) is 63.2 Å². The number of piperidine rings is 1. The summed E-state index contributed by atoms with van der Waals surface area (Å²) < 4.78 is 11.2. The van der Waals surface area contributed by atoms with Crippen molar-refractivity contribution in [3.05, 3.63) is 71.1 Å². The van der Waals surface area contributed by atoms with Gasteiger partial charge in [-0.15, -0.1) is 0 Å². The van der Waals surface area contributed by atoms with Crippen LogP contribution in [0, 0.1) is 6.92 Å². The monoisotopic (exact) mass is 590 g/mol. The minimum atomic E-state index is -0.698. The number of carbonyl (C=O) groups excluding carboxylic acids is 2. The smallest absolute Gasteiger partial charge is 0.251 e. The van der Waals surface area contributed by atoms with Crippen molar-refractivity contribution >= 4 is 17.6 Å². The number of benzene rings is 1. The number of ether oxygens (including phenoxy) is 1. The van der Waals surface area contributed by atoms with Gasteiger partial charge in [-0.05, 0) is 67.5 Å². The van der Waals surface area contributed by atoms with Gasteiger partial charge in [-0.3, -0.25) is 14.5 Å². The van der Waals surface area contributed by atoms with Crippen LogP contribution in [0.15, 0.2) is 47.5 Å². The van der Waals surface area contributed by atoms with Crippen molar-refractivity contribution in [2.75, 3.05) is 38.0 Å². The number of aliphatic hydroxyl groups is 1. The van der Waals surface area contributed by atoms with E-state index in [9.17, 15) is 14.7 Å². The summed E-state index contributed by atoms with van der Waals surface area (Å²) in [4.78, 5) is 37.5. The number of nitrogens with zero attached hydrogens (tertiary/aromatic N) is 4. The maximum Gasteiger partial charge on any atom is 0.251 e. The maximum atomic E-state index is 12.9. The molecule has 0 aliphatic carbocycles. The number of aliphatic hydroxyl groups excluding tert-OH is 1. The summed E-state index contributed by atoms with van der Waals surface area (Å²) >= 11 is 0. The lowest BCUT2D eigenvalue weighted by atomic mass is 9.94. The summed E-state index contributed by atoms with van der Waals surface area (Å²) in [6, 6.07) is 7.69. The van der Waals surface area contributed by atoms with Crippen molar-refractivity contribution in [1.82, 2.24) is 25.1 Å². The third-order valence-corrected chi connectivity index (χ3v) is 8.22. The van der Waals surface area contributed by atoms with Crippen molar-refractivity contribution in [2.24, 2.45) is 0 Å². The Kier molecular flexibility index (Phi) is 10.3. The molecule has 2 amide bonds. The van der Waals surface area contributed by atoms with Gasteiger partial charge < -0.3 is 29.8 Å². The number of aromatic nitrogens is 2. The Bertz CT molecular complexity index is 1370. The van der Waals surface area contributed by atoms with Gasteiger partial charge in [0.05, 0.1) is 12.3 Å². The first-order valence-electron chi connectivity index (χ1n) is 15.2. The molecule has 0 radical (unpaired) electrons. The Balaban J connectivity index is 1.06. The van der Waals surface area contributed by atoms with E-state index >= 15 is 0 Å². The van der Waals surface area contributed by atoms with Crippen LogP contribution in [0.25, 0.3) is 0 Å². The van der Waals surface area contributed by atoms with E-state index in [0.29, 0.717) is 36.7 Å². The molecule has 3 aromatic rings. The molecule has 2 aliphatic rings. The largest absolute Gasteiger partial charge is 0.485 e. The molecular weight excluding hydrogens is 548 g/mol. The Morgan fingerprint density at radius 3 is 2.81 bits per heavy atom. The molecule has 11 nitrogen and oxygen atoms in total. The zero-order chi connectivity index (χ0) is 30.2. The van der Waals surface area contributed by atoms with Crippen LogP contribution in [-0.4, -0.2) is 81.6 Å². The predicted molar refractivity (Wildman–Crippen MR) is 162 cm³/mol. The number of fused-ring (bicyclic) bond motifs is 1. The summed E-state index contributed by atoms with van der Waals surface area (Å²) in [5, 5.41) is 17.0. The van der Waals surface area contributed by atoms with E-state index < -0.39 is 6.10 Å². The highest BCUT2D eigenvalue weighted by atomic mass is 16.5. The first-order chi connectivity index (χ1) is 20.9. The van der Waals surface area contributed by atoms with Crippen LogP contribution in [-0.2, 0) is 24.4 Å². The summed E-state index contributed by atoms with van der Waals surface area (Å²) in [5.74, 6) is 2.13. The van der Waals surface area contributed by atoms with Crippen molar-refractivity contribution < 1.29 is 23.8 Å². The second-order valence-corrected chi connectivity index (χ2v) is 11.4. The van der Waals surface area contributed by atoms with Gasteiger partial charge >= 0.3 is 0 Å². The first kappa shape index (κ1) is 30.5. The number of rotatable bonds is 12. The summed E-state index contributed by atoms with van der Waals surface area (Å²) in [6.45, 7) is 8.07. The highest BCUT2D eigenvalue weighted by Gasteiger charge is 2.24. The number of nitrogens with one attached hydrogen (secondary N) is 2. The molecule has 0 unspecified atom stereocenters. The van der Waals surface area contributed by atoms with Crippen molar-refractivity contribution in [3.63, 3.8) is 0 Å². The molecule has 1 fully saturated rings. The molecule has 4 heterocycles. The molecule has 1 saturated heterocycles. The van der Waals surface area contributed by atoms with Gasteiger partial charge in [-0.25, -0.2) is 9.97 Å². The lowest BCUT2D eigenvalue weighted by Crippen LogP contribution is -2.42. The van der Waals surface area contributed by atoms with Crippen LogP contribution in [0.1, 0.15) is 65.4 Å². The fourth-order valence-electron chi connectivity index (χ4n) is 5.83. The van der Waals surface area contributed by atoms with Crippen LogP contribution in [0.2, 0.25) is 0 Å². The van der Waals surface area contributed by atoms with Crippen LogP contribution in [0.5, 0.6) is 5.75 Å². The number of oxazole rings is 1. The number of β-amino-alcohol motifs (C(OH)–C–C–N with tert-alkyl or cyclic N) is 1. The summed E-state index contributed by atoms with van der Waals surface area (Å²) in [7, 11) is 0. The molecule has 1 atom stereocenters. The molecular formula is C32H42N6O5. The Morgan fingerprint density at radius 2 is 2.05 bits per heavy atom. The number of amides is 2. The van der Waals surface area contributed by atoms with Gasteiger partial charge in [0, 0.05) is 63.5 Å². The van der Waals surface area contributed by atoms with Gasteiger partial charge in [0.25, 0.3) is 5.91 Å². The Labute approximate surface area is 252 Å². The number of anilines is 1. The summed E-state index contributed by atoms with van der Waals surface area (Å²) in [6.07, 6.45) is 7.98. The lowest BCUT2D eigenvalue weighted by molar-refractivity contribution is -0.132. The molecule has 43 heavy (non-hydrogen) atoms. The number of likely N-dealkylation sites (tertiary alicyclic amines) is 1. The van der Waals surface area contributed by atoms with Crippen molar-refractivity contribution in [1.29, 1.82) is 0 Å². The molecule has 0 bridgehead atoms. The topological polar surface area (TPSA) is 133 Å². The van der Waals surface area contributed by atoms with Gasteiger partial charge in [-0.1, -0.05) is 13.0 Å². The molecule has 0 saturated carbocycles. The Morgan fingerprint density at radius 1 is 1.21 bits per heavy atom. The van der Waals surface area contributed by atoms with Gasteiger partial charge in [0.1, 0.15) is 18.2 Å². The van der Waals surface area contributed by atoms with Crippen LogP contribution >= 0.6 is 0 Å². The van der Waals surface area contributed by atoms with Crippen molar-refractivity contribution in [3.8, 4) is 5.75 Å². The second kappa shape index (κ2) is 14.5. The van der Waals surface area contributed by atoms with Gasteiger partial charge in [0.15, 0.2) is 12.2 Å². The standard InChI is InChI=1S/C32H42N6O5/c1-3-4-31(40)38-13-8-25(9-14-38)36-30-15-23(7-11-34-30)32(41)35-16-26(39)19-37-12-10-28-22(2)29(6-5-24(28)18-37)42-20-27-17-33-21-43-27/h5-7,11,15,17,21,25-26,39H,3-4,8-10,12-14,16,18-20H2,1-2H3,(H,34,36)(H,35,41)/t26-/m0/s1.